The number of carboxylic acids is 1. The van der Waals surface area contributed by atoms with Gasteiger partial charge in [-0.25, -0.2) is 4.79 Å². The number of hydrogen-bond donors (Lipinski definition) is 3. The zero-order valence-corrected chi connectivity index (χ0v) is 20.8. The number of aromatic nitrogens is 1. The van der Waals surface area contributed by atoms with Crippen molar-refractivity contribution >= 4 is 33.9 Å². The number of fused-ring (bicyclic) bond motifs is 1. The summed E-state index contributed by atoms with van der Waals surface area (Å²) >= 11 is 0. The third-order valence-electron chi connectivity index (χ3n) is 6.86. The molecular formula is C30H27N3O4. The smallest absolute Gasteiger partial charge is 0.335 e. The van der Waals surface area contributed by atoms with Gasteiger partial charge in [-0.2, -0.15) is 0 Å². The van der Waals surface area contributed by atoms with Crippen molar-refractivity contribution in [1.29, 1.82) is 0 Å². The van der Waals surface area contributed by atoms with Crippen molar-refractivity contribution in [3.8, 4) is 22.8 Å². The molecule has 3 aromatic carbocycles. The van der Waals surface area contributed by atoms with Crippen LogP contribution in [0.5, 0.6) is 11.6 Å². The third-order valence-corrected chi connectivity index (χ3v) is 6.86. The first kappa shape index (κ1) is 24.1. The zero-order valence-electron chi connectivity index (χ0n) is 20.8. The van der Waals surface area contributed by atoms with Crippen LogP contribution in [-0.4, -0.2) is 25.9 Å². The van der Waals surface area contributed by atoms with Gasteiger partial charge in [-0.1, -0.05) is 54.5 Å². The van der Waals surface area contributed by atoms with Crippen LogP contribution in [0.15, 0.2) is 88.6 Å². The lowest BCUT2D eigenvalue weighted by molar-refractivity contribution is 0.0697. The molecule has 0 amide bonds. The van der Waals surface area contributed by atoms with Crippen molar-refractivity contribution < 1.29 is 20.1 Å². The number of allylic oxidation sites excluding steroid dienone is 4. The number of hydrogen-bond acceptors (Lipinski definition) is 5. The van der Waals surface area contributed by atoms with Gasteiger partial charge in [0.1, 0.15) is 5.69 Å². The summed E-state index contributed by atoms with van der Waals surface area (Å²) in [5.41, 5.74) is 5.55. The SMILES string of the molecule is CC1=CC(n2c(O)c(N=Nc3cccc(-c4cccc(C(=O)O)c4)c3O)c3cc(C)ccc32)=CCC1C. The number of phenolic OH excluding ortho intramolecular Hbond substituents is 1. The molecule has 4 aromatic rings. The van der Waals surface area contributed by atoms with E-state index in [0.29, 0.717) is 22.7 Å². The summed E-state index contributed by atoms with van der Waals surface area (Å²) in [6, 6.07) is 17.2. The van der Waals surface area contributed by atoms with Crippen molar-refractivity contribution in [3.63, 3.8) is 0 Å². The number of carbonyl (C=O) groups is 1. The molecule has 186 valence electrons. The normalized spacial score (nSPS) is 15.7. The summed E-state index contributed by atoms with van der Waals surface area (Å²) in [5.74, 6) is -0.762. The van der Waals surface area contributed by atoms with Gasteiger partial charge in [-0.3, -0.25) is 4.57 Å². The second kappa shape index (κ2) is 9.43. The third kappa shape index (κ3) is 4.40. The van der Waals surface area contributed by atoms with Crippen LogP contribution >= 0.6 is 0 Å². The predicted molar refractivity (Wildman–Crippen MR) is 145 cm³/mol. The Morgan fingerprint density at radius 2 is 1.78 bits per heavy atom. The van der Waals surface area contributed by atoms with E-state index >= 15 is 0 Å². The summed E-state index contributed by atoms with van der Waals surface area (Å²) in [4.78, 5) is 11.4. The number of rotatable bonds is 5. The number of aromatic carboxylic acids is 1. The molecule has 1 aromatic heterocycles. The van der Waals surface area contributed by atoms with E-state index in [4.69, 9.17) is 0 Å². The Labute approximate surface area is 214 Å². The first-order chi connectivity index (χ1) is 17.7. The largest absolute Gasteiger partial charge is 0.505 e. The van der Waals surface area contributed by atoms with Gasteiger partial charge in [0.15, 0.2) is 11.4 Å². The summed E-state index contributed by atoms with van der Waals surface area (Å²) in [6.45, 7) is 6.24. The Morgan fingerprint density at radius 1 is 1.00 bits per heavy atom. The van der Waals surface area contributed by atoms with Gasteiger partial charge >= 0.3 is 5.97 Å². The van der Waals surface area contributed by atoms with Gasteiger partial charge in [0, 0.05) is 16.6 Å². The van der Waals surface area contributed by atoms with Crippen LogP contribution in [0.25, 0.3) is 27.7 Å². The number of azo groups is 1. The van der Waals surface area contributed by atoms with Crippen LogP contribution < -0.4 is 0 Å². The van der Waals surface area contributed by atoms with Crippen LogP contribution in [0.2, 0.25) is 0 Å². The Bertz CT molecular complexity index is 1640. The molecule has 0 saturated heterocycles. The zero-order chi connectivity index (χ0) is 26.3. The fourth-order valence-corrected chi connectivity index (χ4v) is 4.58. The maximum Gasteiger partial charge on any atom is 0.335 e. The van der Waals surface area contributed by atoms with E-state index in [1.807, 2.05) is 25.1 Å². The van der Waals surface area contributed by atoms with Crippen molar-refractivity contribution in [3.05, 3.63) is 89.5 Å². The molecular weight excluding hydrogens is 466 g/mol. The Morgan fingerprint density at radius 3 is 2.54 bits per heavy atom. The van der Waals surface area contributed by atoms with E-state index in [1.165, 1.54) is 17.7 Å². The molecule has 0 radical (unpaired) electrons. The summed E-state index contributed by atoms with van der Waals surface area (Å²) in [7, 11) is 0. The van der Waals surface area contributed by atoms with Crippen LogP contribution in [0.4, 0.5) is 11.4 Å². The molecule has 1 heterocycles. The topological polar surface area (TPSA) is 107 Å². The van der Waals surface area contributed by atoms with Crippen LogP contribution in [0.1, 0.15) is 36.2 Å². The summed E-state index contributed by atoms with van der Waals surface area (Å²) in [6.07, 6.45) is 5.07. The van der Waals surface area contributed by atoms with Crippen LogP contribution in [0.3, 0.4) is 0 Å². The Hall–Kier alpha value is -4.65. The Kier molecular flexibility index (Phi) is 6.13. The summed E-state index contributed by atoms with van der Waals surface area (Å²) < 4.78 is 1.78. The fraction of sp³-hybridized carbons (Fsp3) is 0.167. The number of nitrogens with zero attached hydrogens (tertiary/aromatic N) is 3. The lowest BCUT2D eigenvalue weighted by atomic mass is 9.93. The molecule has 1 aliphatic carbocycles. The number of benzene rings is 3. The molecule has 1 aliphatic rings. The minimum Gasteiger partial charge on any atom is -0.505 e. The highest BCUT2D eigenvalue weighted by molar-refractivity contribution is 5.98. The van der Waals surface area contributed by atoms with Crippen molar-refractivity contribution in [2.24, 2.45) is 16.1 Å². The van der Waals surface area contributed by atoms with E-state index in [-0.39, 0.29) is 22.9 Å². The number of carboxylic acid groups (broad SMARTS) is 1. The lowest BCUT2D eigenvalue weighted by Gasteiger charge is -2.19. The molecule has 7 heteroatoms. The van der Waals surface area contributed by atoms with Crippen molar-refractivity contribution in [2.45, 2.75) is 27.2 Å². The first-order valence-electron chi connectivity index (χ1n) is 12.0. The summed E-state index contributed by atoms with van der Waals surface area (Å²) in [5, 5.41) is 41.0. The molecule has 0 saturated carbocycles. The van der Waals surface area contributed by atoms with Crippen LogP contribution in [0, 0.1) is 12.8 Å². The highest BCUT2D eigenvalue weighted by Gasteiger charge is 2.21. The van der Waals surface area contributed by atoms with Gasteiger partial charge in [0.05, 0.1) is 11.1 Å². The number of aryl methyl sites for hydroxylation is 1. The molecule has 1 atom stereocenters. The first-order valence-corrected chi connectivity index (χ1v) is 12.0. The molecule has 1 unspecified atom stereocenters. The molecule has 0 bridgehead atoms. The van der Waals surface area contributed by atoms with Gasteiger partial charge in [0.25, 0.3) is 0 Å². The second-order valence-electron chi connectivity index (χ2n) is 9.44. The monoisotopic (exact) mass is 493 g/mol. The maximum absolute atomic E-state index is 11.4. The average Bonchev–Trinajstić information content (AvgIpc) is 3.15. The average molecular weight is 494 g/mol. The quantitative estimate of drug-likeness (QED) is 0.245. The van der Waals surface area contributed by atoms with Gasteiger partial charge in [0.2, 0.25) is 5.88 Å². The lowest BCUT2D eigenvalue weighted by Crippen LogP contribution is -2.04. The minimum atomic E-state index is -1.05. The number of aromatic hydroxyl groups is 2. The van der Waals surface area contributed by atoms with Gasteiger partial charge in [-0.05, 0) is 68.2 Å². The highest BCUT2D eigenvalue weighted by Crippen LogP contribution is 2.44. The molecule has 5 rings (SSSR count). The highest BCUT2D eigenvalue weighted by atomic mass is 16.4. The maximum atomic E-state index is 11.4. The van der Waals surface area contributed by atoms with Gasteiger partial charge in [-0.15, -0.1) is 10.2 Å². The van der Waals surface area contributed by atoms with E-state index in [0.717, 1.165) is 28.6 Å². The van der Waals surface area contributed by atoms with Crippen molar-refractivity contribution in [1.82, 2.24) is 4.57 Å². The second-order valence-corrected chi connectivity index (χ2v) is 9.44. The number of para-hydroxylation sites is 1. The van der Waals surface area contributed by atoms with E-state index in [2.05, 4.69) is 36.2 Å². The Balaban J connectivity index is 1.60. The molecule has 3 N–H and O–H groups in total. The fourth-order valence-electron chi connectivity index (χ4n) is 4.58. The van der Waals surface area contributed by atoms with Crippen LogP contribution in [-0.2, 0) is 0 Å². The van der Waals surface area contributed by atoms with E-state index in [9.17, 15) is 20.1 Å². The molecule has 37 heavy (non-hydrogen) atoms. The standard InChI is InChI=1S/C30H27N3O4/c1-17-10-13-26-24(14-17)27(29(35)33(26)22-12-11-18(2)19(3)15-22)32-31-25-9-5-8-23(28(25)34)20-6-4-7-21(16-20)30(36)37/h4-10,12-16,18,34-35H,11H2,1-3H3,(H,36,37). The molecule has 0 fully saturated rings. The number of phenols is 1. The van der Waals surface area contributed by atoms with Crippen molar-refractivity contribution in [2.75, 3.05) is 0 Å². The van der Waals surface area contributed by atoms with Gasteiger partial charge < -0.3 is 15.3 Å². The van der Waals surface area contributed by atoms with E-state index < -0.39 is 5.97 Å². The minimum absolute atomic E-state index is 0.0287. The van der Waals surface area contributed by atoms with E-state index in [1.54, 1.807) is 34.9 Å². The molecule has 7 nitrogen and oxygen atoms in total. The molecule has 0 aliphatic heterocycles. The molecule has 0 spiro atoms. The predicted octanol–water partition coefficient (Wildman–Crippen LogP) is 7.97.